The van der Waals surface area contributed by atoms with Crippen molar-refractivity contribution in [3.63, 3.8) is 0 Å². The van der Waals surface area contributed by atoms with Crippen LogP contribution in [0.5, 0.6) is 0 Å². The van der Waals surface area contributed by atoms with Crippen molar-refractivity contribution in [2.24, 2.45) is 0 Å². The molecule has 0 spiro atoms. The number of benzene rings is 1. The summed E-state index contributed by atoms with van der Waals surface area (Å²) in [5.74, 6) is 0.591. The van der Waals surface area contributed by atoms with Gasteiger partial charge in [-0.3, -0.25) is 4.79 Å². The number of carbonyl (C=O) groups excluding carboxylic acids is 1. The largest absolute Gasteiger partial charge is 0.343 e. The highest BCUT2D eigenvalue weighted by atomic mass is 35.5. The molecule has 2 aromatic heterocycles. The van der Waals surface area contributed by atoms with E-state index in [1.165, 1.54) is 11.3 Å². The molecular formula is C15H12ClN3O2S. The Hall–Kier alpha value is -2.18. The molecule has 1 amide bonds. The molecular weight excluding hydrogens is 322 g/mol. The number of halogens is 1. The lowest BCUT2D eigenvalue weighted by Crippen LogP contribution is -2.23. The van der Waals surface area contributed by atoms with Crippen LogP contribution in [0.4, 0.5) is 0 Å². The van der Waals surface area contributed by atoms with Crippen LogP contribution in [0, 0.1) is 6.92 Å². The van der Waals surface area contributed by atoms with Gasteiger partial charge < -0.3 is 9.84 Å². The van der Waals surface area contributed by atoms with E-state index in [-0.39, 0.29) is 12.5 Å². The molecule has 22 heavy (non-hydrogen) atoms. The molecule has 0 radical (unpaired) electrons. The number of aromatic nitrogens is 2. The maximum Gasteiger partial charge on any atom is 0.253 e. The second-order valence-corrected chi connectivity index (χ2v) is 6.01. The normalized spacial score (nSPS) is 10.6. The molecule has 0 aliphatic rings. The van der Waals surface area contributed by atoms with Gasteiger partial charge >= 0.3 is 0 Å². The molecule has 3 aromatic rings. The van der Waals surface area contributed by atoms with E-state index in [1.807, 2.05) is 30.5 Å². The first-order chi connectivity index (χ1) is 10.6. The number of thiophene rings is 1. The van der Waals surface area contributed by atoms with Crippen LogP contribution < -0.4 is 5.32 Å². The molecule has 0 bridgehead atoms. The fourth-order valence-corrected chi connectivity index (χ4v) is 2.86. The molecule has 0 unspecified atom stereocenters. The van der Waals surface area contributed by atoms with Crippen molar-refractivity contribution in [2.75, 3.05) is 0 Å². The summed E-state index contributed by atoms with van der Waals surface area (Å²) in [5.41, 5.74) is 1.42. The van der Waals surface area contributed by atoms with E-state index >= 15 is 0 Å². The molecule has 0 saturated heterocycles. The third-order valence-electron chi connectivity index (χ3n) is 2.98. The number of hydrogen-bond donors (Lipinski definition) is 1. The molecule has 7 heteroatoms. The molecule has 0 atom stereocenters. The van der Waals surface area contributed by atoms with Crippen LogP contribution in [-0.2, 0) is 6.54 Å². The van der Waals surface area contributed by atoms with Crippen molar-refractivity contribution in [2.45, 2.75) is 13.5 Å². The number of carbonyl (C=O) groups is 1. The van der Waals surface area contributed by atoms with Gasteiger partial charge in [0, 0.05) is 0 Å². The fourth-order valence-electron chi connectivity index (χ4n) is 1.89. The zero-order valence-corrected chi connectivity index (χ0v) is 13.2. The summed E-state index contributed by atoms with van der Waals surface area (Å²) in [6.07, 6.45) is 0. The molecule has 1 N–H and O–H groups in total. The lowest BCUT2D eigenvalue weighted by molar-refractivity contribution is 0.0946. The molecule has 3 rings (SSSR count). The van der Waals surface area contributed by atoms with Crippen LogP contribution in [0.1, 0.15) is 21.8 Å². The van der Waals surface area contributed by atoms with E-state index < -0.39 is 0 Å². The molecule has 1 aromatic carbocycles. The van der Waals surface area contributed by atoms with Crippen LogP contribution in [0.3, 0.4) is 0 Å². The molecule has 2 heterocycles. The Kier molecular flexibility index (Phi) is 4.22. The Bertz CT molecular complexity index is 799. The van der Waals surface area contributed by atoms with Gasteiger partial charge in [0.15, 0.2) is 0 Å². The van der Waals surface area contributed by atoms with Gasteiger partial charge in [-0.05, 0) is 36.1 Å². The Morgan fingerprint density at radius 3 is 3.00 bits per heavy atom. The van der Waals surface area contributed by atoms with Gasteiger partial charge in [-0.2, -0.15) is 4.98 Å². The number of rotatable bonds is 4. The van der Waals surface area contributed by atoms with Crippen LogP contribution in [0.25, 0.3) is 10.7 Å². The average molecular weight is 334 g/mol. The van der Waals surface area contributed by atoms with Crippen molar-refractivity contribution >= 4 is 28.8 Å². The maximum atomic E-state index is 12.1. The van der Waals surface area contributed by atoms with Crippen molar-refractivity contribution in [3.05, 3.63) is 57.8 Å². The summed E-state index contributed by atoms with van der Waals surface area (Å²) in [6, 6.07) is 9.10. The molecule has 0 fully saturated rings. The second kappa shape index (κ2) is 6.29. The molecule has 112 valence electrons. The summed E-state index contributed by atoms with van der Waals surface area (Å²) < 4.78 is 5.12. The maximum absolute atomic E-state index is 12.1. The van der Waals surface area contributed by atoms with Gasteiger partial charge in [-0.25, -0.2) is 0 Å². The quantitative estimate of drug-likeness (QED) is 0.790. The summed E-state index contributed by atoms with van der Waals surface area (Å²) in [6.45, 7) is 2.07. The lowest BCUT2D eigenvalue weighted by atomic mass is 10.1. The highest BCUT2D eigenvalue weighted by molar-refractivity contribution is 7.13. The van der Waals surface area contributed by atoms with Crippen molar-refractivity contribution in [3.8, 4) is 10.7 Å². The number of amides is 1. The Labute approximate surface area is 135 Å². The minimum atomic E-state index is -0.277. The summed E-state index contributed by atoms with van der Waals surface area (Å²) in [5, 5.41) is 8.96. The topological polar surface area (TPSA) is 68.0 Å². The zero-order chi connectivity index (χ0) is 15.5. The smallest absolute Gasteiger partial charge is 0.253 e. The SMILES string of the molecule is Cc1ccc(C(=O)NCc2nc(-c3cccs3)no2)c(Cl)c1. The predicted octanol–water partition coefficient (Wildman–Crippen LogP) is 3.69. The van der Waals surface area contributed by atoms with Gasteiger partial charge in [-0.1, -0.05) is 28.9 Å². The van der Waals surface area contributed by atoms with E-state index in [4.69, 9.17) is 16.1 Å². The second-order valence-electron chi connectivity index (χ2n) is 4.66. The monoisotopic (exact) mass is 333 g/mol. The van der Waals surface area contributed by atoms with Gasteiger partial charge in [-0.15, -0.1) is 11.3 Å². The van der Waals surface area contributed by atoms with Crippen molar-refractivity contribution in [1.82, 2.24) is 15.5 Å². The highest BCUT2D eigenvalue weighted by Gasteiger charge is 2.13. The minimum Gasteiger partial charge on any atom is -0.343 e. The summed E-state index contributed by atoms with van der Waals surface area (Å²) in [7, 11) is 0. The molecule has 0 saturated carbocycles. The van der Waals surface area contributed by atoms with E-state index in [0.29, 0.717) is 22.3 Å². The number of nitrogens with zero attached hydrogens (tertiary/aromatic N) is 2. The Balaban J connectivity index is 1.66. The van der Waals surface area contributed by atoms with E-state index in [1.54, 1.807) is 12.1 Å². The first kappa shape index (κ1) is 14.7. The van der Waals surface area contributed by atoms with E-state index in [2.05, 4.69) is 15.5 Å². The lowest BCUT2D eigenvalue weighted by Gasteiger charge is -2.05. The van der Waals surface area contributed by atoms with E-state index in [9.17, 15) is 4.79 Å². The molecule has 5 nitrogen and oxygen atoms in total. The third-order valence-corrected chi connectivity index (χ3v) is 4.16. The summed E-state index contributed by atoms with van der Waals surface area (Å²) >= 11 is 7.59. The molecule has 0 aliphatic heterocycles. The fraction of sp³-hybridized carbons (Fsp3) is 0.133. The Morgan fingerprint density at radius 1 is 1.41 bits per heavy atom. The van der Waals surface area contributed by atoms with Gasteiger partial charge in [0.1, 0.15) is 0 Å². The number of hydrogen-bond acceptors (Lipinski definition) is 5. The molecule has 0 aliphatic carbocycles. The first-order valence-electron chi connectivity index (χ1n) is 6.54. The van der Waals surface area contributed by atoms with Gasteiger partial charge in [0.05, 0.1) is 22.0 Å². The van der Waals surface area contributed by atoms with Crippen molar-refractivity contribution in [1.29, 1.82) is 0 Å². The highest BCUT2D eigenvalue weighted by Crippen LogP contribution is 2.21. The van der Waals surface area contributed by atoms with Crippen LogP contribution in [-0.4, -0.2) is 16.0 Å². The van der Waals surface area contributed by atoms with Gasteiger partial charge in [0.25, 0.3) is 5.91 Å². The predicted molar refractivity (Wildman–Crippen MR) is 85.0 cm³/mol. The number of aryl methyl sites for hydroxylation is 1. The van der Waals surface area contributed by atoms with Crippen LogP contribution in [0.15, 0.2) is 40.2 Å². The minimum absolute atomic E-state index is 0.154. The number of nitrogens with one attached hydrogen (secondary N) is 1. The van der Waals surface area contributed by atoms with Crippen LogP contribution in [0.2, 0.25) is 5.02 Å². The first-order valence-corrected chi connectivity index (χ1v) is 7.80. The summed E-state index contributed by atoms with van der Waals surface area (Å²) in [4.78, 5) is 17.3. The van der Waals surface area contributed by atoms with Gasteiger partial charge in [0.2, 0.25) is 11.7 Å². The third kappa shape index (κ3) is 3.18. The standard InChI is InChI=1S/C15H12ClN3O2S/c1-9-4-5-10(11(16)7-9)15(20)17-8-13-18-14(19-21-13)12-3-2-6-22-12/h2-7H,8H2,1H3,(H,17,20). The zero-order valence-electron chi connectivity index (χ0n) is 11.7. The average Bonchev–Trinajstić information content (AvgIpc) is 3.16. The van der Waals surface area contributed by atoms with E-state index in [0.717, 1.165) is 10.4 Å². The van der Waals surface area contributed by atoms with Crippen molar-refractivity contribution < 1.29 is 9.32 Å². The Morgan fingerprint density at radius 2 is 2.27 bits per heavy atom. The van der Waals surface area contributed by atoms with Crippen LogP contribution >= 0.6 is 22.9 Å².